The average molecular weight is 355 g/mol. The lowest BCUT2D eigenvalue weighted by atomic mass is 9.91. The van der Waals surface area contributed by atoms with Crippen LogP contribution in [0, 0.1) is 17.0 Å². The van der Waals surface area contributed by atoms with Gasteiger partial charge in [-0.25, -0.2) is 0 Å². The summed E-state index contributed by atoms with van der Waals surface area (Å²) in [5, 5.41) is 20.0. The van der Waals surface area contributed by atoms with Crippen LogP contribution in [0.25, 0.3) is 0 Å². The Morgan fingerprint density at radius 3 is 2.42 bits per heavy atom. The first kappa shape index (κ1) is 17.8. The van der Waals surface area contributed by atoms with E-state index in [9.17, 15) is 10.1 Å². The summed E-state index contributed by atoms with van der Waals surface area (Å²) in [5.41, 5.74) is 3.62. The lowest BCUT2D eigenvalue weighted by Gasteiger charge is -2.18. The van der Waals surface area contributed by atoms with Gasteiger partial charge in [-0.1, -0.05) is 0 Å². The number of methoxy groups -OCH3 is 2. The molecule has 1 aliphatic rings. The molecule has 7 nitrogen and oxygen atoms in total. The fraction of sp³-hybridized carbons (Fsp3) is 0.368. The Morgan fingerprint density at radius 1 is 1.12 bits per heavy atom. The monoisotopic (exact) mass is 355 g/mol. The molecule has 2 atom stereocenters. The predicted molar refractivity (Wildman–Crippen MR) is 97.2 cm³/mol. The first-order valence-corrected chi connectivity index (χ1v) is 8.34. The molecule has 0 radical (unpaired) electrons. The second-order valence-corrected chi connectivity index (χ2v) is 6.40. The lowest BCUT2D eigenvalue weighted by Crippen LogP contribution is -2.06. The van der Waals surface area contributed by atoms with Crippen LogP contribution in [0.4, 0.5) is 5.69 Å². The molecule has 7 heteroatoms. The van der Waals surface area contributed by atoms with E-state index in [2.05, 4.69) is 10.2 Å². The zero-order valence-corrected chi connectivity index (χ0v) is 15.2. The molecule has 0 bridgehead atoms. The third-order valence-corrected chi connectivity index (χ3v) is 4.57. The minimum atomic E-state index is -0.377. The van der Waals surface area contributed by atoms with Gasteiger partial charge in [0.05, 0.1) is 25.2 Å². The van der Waals surface area contributed by atoms with Crippen molar-refractivity contribution in [2.75, 3.05) is 14.2 Å². The highest BCUT2D eigenvalue weighted by Gasteiger charge is 2.25. The van der Waals surface area contributed by atoms with E-state index >= 15 is 0 Å². The summed E-state index contributed by atoms with van der Waals surface area (Å²) in [6, 6.07) is 8.66. The number of ether oxygens (including phenoxy) is 2. The molecular weight excluding hydrogens is 334 g/mol. The van der Waals surface area contributed by atoms with Crippen molar-refractivity contribution in [2.45, 2.75) is 32.4 Å². The van der Waals surface area contributed by atoms with Gasteiger partial charge in [0.25, 0.3) is 5.69 Å². The Kier molecular flexibility index (Phi) is 4.88. The number of nitro benzene ring substituents is 1. The zero-order chi connectivity index (χ0) is 18.8. The van der Waals surface area contributed by atoms with E-state index in [0.717, 1.165) is 23.1 Å². The summed E-state index contributed by atoms with van der Waals surface area (Å²) in [4.78, 5) is 10.7. The maximum absolute atomic E-state index is 11.1. The Bertz CT molecular complexity index is 879. The van der Waals surface area contributed by atoms with Crippen molar-refractivity contribution in [3.05, 3.63) is 62.7 Å². The lowest BCUT2D eigenvalue weighted by molar-refractivity contribution is -0.385. The van der Waals surface area contributed by atoms with Crippen molar-refractivity contribution in [2.24, 2.45) is 10.2 Å². The first-order valence-electron chi connectivity index (χ1n) is 8.34. The molecule has 0 saturated heterocycles. The molecule has 1 unspecified atom stereocenters. The Morgan fingerprint density at radius 2 is 1.81 bits per heavy atom. The molecule has 2 aromatic rings. The van der Waals surface area contributed by atoms with E-state index in [1.807, 2.05) is 19.1 Å². The fourth-order valence-electron chi connectivity index (χ4n) is 3.27. The highest BCUT2D eigenvalue weighted by Crippen LogP contribution is 2.40. The van der Waals surface area contributed by atoms with E-state index in [1.54, 1.807) is 33.3 Å². The quantitative estimate of drug-likeness (QED) is 0.600. The molecule has 0 saturated carbocycles. The van der Waals surface area contributed by atoms with Gasteiger partial charge in [0.1, 0.15) is 6.04 Å². The van der Waals surface area contributed by atoms with Crippen molar-refractivity contribution in [1.29, 1.82) is 0 Å². The molecule has 136 valence electrons. The second-order valence-electron chi connectivity index (χ2n) is 6.40. The van der Waals surface area contributed by atoms with Gasteiger partial charge < -0.3 is 9.47 Å². The summed E-state index contributed by atoms with van der Waals surface area (Å²) in [6.45, 7) is 3.74. The van der Waals surface area contributed by atoms with Crippen LogP contribution in [-0.2, 0) is 6.42 Å². The largest absolute Gasteiger partial charge is 0.493 e. The third kappa shape index (κ3) is 3.24. The van der Waals surface area contributed by atoms with Crippen LogP contribution in [0.15, 0.2) is 40.6 Å². The van der Waals surface area contributed by atoms with Crippen LogP contribution < -0.4 is 9.47 Å². The molecule has 0 fully saturated rings. The number of benzene rings is 2. The van der Waals surface area contributed by atoms with Gasteiger partial charge in [0.15, 0.2) is 11.5 Å². The average Bonchev–Trinajstić information content (AvgIpc) is 2.77. The van der Waals surface area contributed by atoms with Crippen LogP contribution in [-0.4, -0.2) is 25.2 Å². The zero-order valence-electron chi connectivity index (χ0n) is 15.2. The molecule has 0 spiro atoms. The number of aryl methyl sites for hydroxylation is 1. The van der Waals surface area contributed by atoms with Crippen molar-refractivity contribution in [3.63, 3.8) is 0 Å². The summed E-state index contributed by atoms with van der Waals surface area (Å²) >= 11 is 0. The van der Waals surface area contributed by atoms with Crippen molar-refractivity contribution < 1.29 is 14.4 Å². The molecule has 2 aromatic carbocycles. The van der Waals surface area contributed by atoms with Gasteiger partial charge >= 0.3 is 0 Å². The highest BCUT2D eigenvalue weighted by atomic mass is 16.6. The second kappa shape index (κ2) is 7.11. The molecule has 0 amide bonds. The molecular formula is C19H21N3O4. The standard InChI is InChI=1S/C19H21N3O4/c1-11-7-13(5-6-16(11)22(23)24)19-15-10-18(26-4)17(25-3)9-14(15)8-12(2)20-21-19/h5-7,9-10,12,19H,8H2,1-4H3/t12-,19?/m0/s1. The van der Waals surface area contributed by atoms with Gasteiger partial charge in [-0.05, 0) is 61.2 Å². The maximum atomic E-state index is 11.1. The number of hydrogen-bond acceptors (Lipinski definition) is 6. The fourth-order valence-corrected chi connectivity index (χ4v) is 3.27. The van der Waals surface area contributed by atoms with Gasteiger partial charge in [0.2, 0.25) is 0 Å². The number of nitro groups is 1. The highest BCUT2D eigenvalue weighted by molar-refractivity contribution is 5.52. The van der Waals surface area contributed by atoms with Crippen molar-refractivity contribution in [1.82, 2.24) is 0 Å². The SMILES string of the molecule is COc1cc2c(cc1OC)C(c1ccc([N+](=O)[O-])c(C)c1)N=N[C@@H](C)C2. The van der Waals surface area contributed by atoms with Crippen molar-refractivity contribution >= 4 is 5.69 Å². The Balaban J connectivity index is 2.15. The Hall–Kier alpha value is -2.96. The number of nitrogens with zero attached hydrogens (tertiary/aromatic N) is 3. The minimum Gasteiger partial charge on any atom is -0.493 e. The first-order chi connectivity index (χ1) is 12.4. The van der Waals surface area contributed by atoms with Gasteiger partial charge in [0, 0.05) is 11.6 Å². The van der Waals surface area contributed by atoms with Crippen molar-refractivity contribution in [3.8, 4) is 11.5 Å². The van der Waals surface area contributed by atoms with E-state index in [4.69, 9.17) is 9.47 Å². The summed E-state index contributed by atoms with van der Waals surface area (Å²) < 4.78 is 10.9. The smallest absolute Gasteiger partial charge is 0.272 e. The number of fused-ring (bicyclic) bond motifs is 1. The van der Waals surface area contributed by atoms with Crippen LogP contribution >= 0.6 is 0 Å². The van der Waals surface area contributed by atoms with E-state index in [-0.39, 0.29) is 22.7 Å². The van der Waals surface area contributed by atoms with Gasteiger partial charge in [-0.15, -0.1) is 0 Å². The van der Waals surface area contributed by atoms with E-state index in [0.29, 0.717) is 17.1 Å². The number of rotatable bonds is 4. The van der Waals surface area contributed by atoms with E-state index < -0.39 is 0 Å². The summed E-state index contributed by atoms with van der Waals surface area (Å²) in [5.74, 6) is 1.29. The maximum Gasteiger partial charge on any atom is 0.272 e. The number of azo groups is 1. The van der Waals surface area contributed by atoms with Crippen LogP contribution in [0.1, 0.15) is 35.2 Å². The topological polar surface area (TPSA) is 86.3 Å². The summed E-state index contributed by atoms with van der Waals surface area (Å²) in [6.07, 6.45) is 0.738. The molecule has 0 aliphatic carbocycles. The molecule has 0 N–H and O–H groups in total. The van der Waals surface area contributed by atoms with Crippen LogP contribution in [0.5, 0.6) is 11.5 Å². The molecule has 1 heterocycles. The molecule has 1 aliphatic heterocycles. The van der Waals surface area contributed by atoms with Gasteiger partial charge in [-0.3, -0.25) is 10.1 Å². The number of hydrogen-bond donors (Lipinski definition) is 0. The normalized spacial score (nSPS) is 18.8. The van der Waals surface area contributed by atoms with E-state index in [1.165, 1.54) is 6.07 Å². The summed E-state index contributed by atoms with van der Waals surface area (Å²) in [7, 11) is 3.20. The Labute approximate surface area is 151 Å². The van der Waals surface area contributed by atoms with Crippen LogP contribution in [0.2, 0.25) is 0 Å². The van der Waals surface area contributed by atoms with Gasteiger partial charge in [-0.2, -0.15) is 10.2 Å². The third-order valence-electron chi connectivity index (χ3n) is 4.57. The van der Waals surface area contributed by atoms with Crippen LogP contribution in [0.3, 0.4) is 0 Å². The minimum absolute atomic E-state index is 0.0380. The molecule has 3 rings (SSSR count). The predicted octanol–water partition coefficient (Wildman–Crippen LogP) is 4.41. The molecule has 26 heavy (non-hydrogen) atoms. The molecule has 0 aromatic heterocycles.